The highest BCUT2D eigenvalue weighted by atomic mass is 35.5. The lowest BCUT2D eigenvalue weighted by atomic mass is 9.74. The van der Waals surface area contributed by atoms with Crippen molar-refractivity contribution in [1.82, 2.24) is 4.90 Å². The van der Waals surface area contributed by atoms with Crippen molar-refractivity contribution in [3.05, 3.63) is 0 Å². The van der Waals surface area contributed by atoms with Crippen molar-refractivity contribution < 1.29 is 9.90 Å². The van der Waals surface area contributed by atoms with Crippen LogP contribution in [-0.4, -0.2) is 35.1 Å². The highest BCUT2D eigenvalue weighted by Gasteiger charge is 2.54. The molecule has 0 aromatic carbocycles. The van der Waals surface area contributed by atoms with Gasteiger partial charge < -0.3 is 5.11 Å². The first-order chi connectivity index (χ1) is 7.18. The largest absolute Gasteiger partial charge is 0.481 e. The molecule has 4 heteroatoms. The van der Waals surface area contributed by atoms with Crippen molar-refractivity contribution in [3.63, 3.8) is 0 Å². The number of rotatable bonds is 1. The van der Waals surface area contributed by atoms with E-state index in [0.717, 1.165) is 25.4 Å². The average molecular weight is 246 g/mol. The van der Waals surface area contributed by atoms with Gasteiger partial charge in [-0.2, -0.15) is 0 Å². The molecule has 1 N–H and O–H groups in total. The van der Waals surface area contributed by atoms with Gasteiger partial charge in [-0.25, -0.2) is 0 Å². The molecule has 4 aliphatic rings. The molecule has 3 aliphatic heterocycles. The van der Waals surface area contributed by atoms with Crippen LogP contribution in [0.3, 0.4) is 0 Å². The third-order valence-corrected chi connectivity index (χ3v) is 4.95. The first-order valence-electron chi connectivity index (χ1n) is 6.15. The van der Waals surface area contributed by atoms with Crippen LogP contribution in [0, 0.1) is 23.7 Å². The van der Waals surface area contributed by atoms with E-state index < -0.39 is 5.97 Å². The fourth-order valence-electron chi connectivity index (χ4n) is 4.32. The second-order valence-electron chi connectivity index (χ2n) is 5.60. The third-order valence-electron chi connectivity index (χ3n) is 4.95. The van der Waals surface area contributed by atoms with Crippen LogP contribution in [0.25, 0.3) is 0 Å². The molecular formula is C12H20ClNO2. The molecule has 0 aromatic rings. The van der Waals surface area contributed by atoms with Gasteiger partial charge in [-0.3, -0.25) is 9.69 Å². The van der Waals surface area contributed by atoms with Gasteiger partial charge in [0.1, 0.15) is 0 Å². The van der Waals surface area contributed by atoms with Crippen LogP contribution in [-0.2, 0) is 4.79 Å². The van der Waals surface area contributed by atoms with E-state index >= 15 is 0 Å². The van der Waals surface area contributed by atoms with E-state index in [-0.39, 0.29) is 18.3 Å². The number of piperidine rings is 3. The SMILES string of the molecule is CC1CC2C3CCN(CC3)C2C1C(=O)O.Cl. The van der Waals surface area contributed by atoms with Crippen LogP contribution in [0.4, 0.5) is 0 Å². The van der Waals surface area contributed by atoms with E-state index in [4.69, 9.17) is 0 Å². The summed E-state index contributed by atoms with van der Waals surface area (Å²) < 4.78 is 0. The summed E-state index contributed by atoms with van der Waals surface area (Å²) in [7, 11) is 0. The maximum Gasteiger partial charge on any atom is 0.308 e. The van der Waals surface area contributed by atoms with Crippen LogP contribution >= 0.6 is 12.4 Å². The van der Waals surface area contributed by atoms with Gasteiger partial charge >= 0.3 is 5.97 Å². The van der Waals surface area contributed by atoms with Gasteiger partial charge in [0, 0.05) is 6.04 Å². The Morgan fingerprint density at radius 3 is 2.50 bits per heavy atom. The molecule has 3 heterocycles. The quantitative estimate of drug-likeness (QED) is 0.767. The maximum absolute atomic E-state index is 11.3. The molecule has 4 rings (SSSR count). The van der Waals surface area contributed by atoms with Crippen LogP contribution in [0.2, 0.25) is 0 Å². The Balaban J connectivity index is 0.000000963. The van der Waals surface area contributed by atoms with Crippen LogP contribution in [0.5, 0.6) is 0 Å². The van der Waals surface area contributed by atoms with Crippen LogP contribution in [0.15, 0.2) is 0 Å². The van der Waals surface area contributed by atoms with E-state index in [1.54, 1.807) is 0 Å². The number of carboxylic acids is 1. The highest BCUT2D eigenvalue weighted by molar-refractivity contribution is 5.85. The molecule has 0 aromatic heterocycles. The second-order valence-corrected chi connectivity index (χ2v) is 5.60. The number of fused-ring (bicyclic) bond motifs is 2. The summed E-state index contributed by atoms with van der Waals surface area (Å²) >= 11 is 0. The zero-order chi connectivity index (χ0) is 10.6. The van der Waals surface area contributed by atoms with Crippen molar-refractivity contribution in [2.75, 3.05) is 13.1 Å². The van der Waals surface area contributed by atoms with Gasteiger partial charge in [-0.05, 0) is 50.1 Å². The lowest BCUT2D eigenvalue weighted by Gasteiger charge is -2.49. The summed E-state index contributed by atoms with van der Waals surface area (Å²) in [6, 6.07) is 0.366. The van der Waals surface area contributed by atoms with E-state index in [2.05, 4.69) is 11.8 Å². The smallest absolute Gasteiger partial charge is 0.308 e. The fraction of sp³-hybridized carbons (Fsp3) is 0.917. The third kappa shape index (κ3) is 1.56. The lowest BCUT2D eigenvalue weighted by Crippen LogP contribution is -2.56. The van der Waals surface area contributed by atoms with Crippen molar-refractivity contribution in [2.24, 2.45) is 23.7 Å². The Morgan fingerprint density at radius 1 is 1.31 bits per heavy atom. The molecule has 0 amide bonds. The number of carboxylic acid groups (broad SMARTS) is 1. The minimum absolute atomic E-state index is 0. The number of hydrogen-bond donors (Lipinski definition) is 1. The van der Waals surface area contributed by atoms with Gasteiger partial charge in [0.05, 0.1) is 5.92 Å². The topological polar surface area (TPSA) is 40.5 Å². The molecule has 1 saturated carbocycles. The molecule has 1 aliphatic carbocycles. The molecule has 0 radical (unpaired) electrons. The van der Waals surface area contributed by atoms with E-state index in [0.29, 0.717) is 17.9 Å². The number of aliphatic carboxylic acids is 1. The molecule has 4 unspecified atom stereocenters. The number of carbonyl (C=O) groups is 1. The van der Waals surface area contributed by atoms with Crippen molar-refractivity contribution in [1.29, 1.82) is 0 Å². The molecule has 16 heavy (non-hydrogen) atoms. The standard InChI is InChI=1S/C12H19NO2.ClH/c1-7-6-9-8-2-4-13(5-3-8)11(9)10(7)12(14)15;/h7-11H,2-6H2,1H3,(H,14,15);1H. The summed E-state index contributed by atoms with van der Waals surface area (Å²) in [4.78, 5) is 13.8. The molecule has 2 bridgehead atoms. The van der Waals surface area contributed by atoms with Crippen molar-refractivity contribution in [3.8, 4) is 0 Å². The van der Waals surface area contributed by atoms with Crippen molar-refractivity contribution in [2.45, 2.75) is 32.2 Å². The molecule has 3 nitrogen and oxygen atoms in total. The van der Waals surface area contributed by atoms with E-state index in [9.17, 15) is 9.90 Å². The summed E-state index contributed by atoms with van der Waals surface area (Å²) in [6.45, 7) is 4.41. The van der Waals surface area contributed by atoms with E-state index in [1.165, 1.54) is 12.8 Å². The van der Waals surface area contributed by atoms with Gasteiger partial charge in [-0.15, -0.1) is 12.4 Å². The molecule has 3 saturated heterocycles. The minimum atomic E-state index is -0.567. The summed E-state index contributed by atoms with van der Waals surface area (Å²) in [5, 5.41) is 9.32. The maximum atomic E-state index is 11.3. The Labute approximate surface area is 103 Å². The minimum Gasteiger partial charge on any atom is -0.481 e. The predicted molar refractivity (Wildman–Crippen MR) is 63.7 cm³/mol. The molecule has 4 atom stereocenters. The second kappa shape index (κ2) is 4.19. The van der Waals surface area contributed by atoms with Gasteiger partial charge in [0.2, 0.25) is 0 Å². The Bertz CT molecular complexity index is 289. The summed E-state index contributed by atoms with van der Waals surface area (Å²) in [5.74, 6) is 1.22. The molecular weight excluding hydrogens is 226 g/mol. The van der Waals surface area contributed by atoms with Crippen LogP contribution in [0.1, 0.15) is 26.2 Å². The van der Waals surface area contributed by atoms with Crippen LogP contribution < -0.4 is 0 Å². The summed E-state index contributed by atoms with van der Waals surface area (Å²) in [6.07, 6.45) is 3.75. The van der Waals surface area contributed by atoms with Gasteiger partial charge in [-0.1, -0.05) is 6.92 Å². The monoisotopic (exact) mass is 245 g/mol. The Morgan fingerprint density at radius 2 is 1.94 bits per heavy atom. The zero-order valence-electron chi connectivity index (χ0n) is 9.63. The summed E-state index contributed by atoms with van der Waals surface area (Å²) in [5.41, 5.74) is 0. The van der Waals surface area contributed by atoms with Crippen molar-refractivity contribution >= 4 is 18.4 Å². The molecule has 4 fully saturated rings. The fourth-order valence-corrected chi connectivity index (χ4v) is 4.32. The Kier molecular flexibility index (Phi) is 3.19. The highest BCUT2D eigenvalue weighted by Crippen LogP contribution is 2.50. The lowest BCUT2D eigenvalue weighted by molar-refractivity contribution is -0.147. The zero-order valence-corrected chi connectivity index (χ0v) is 10.4. The molecule has 0 spiro atoms. The van der Waals surface area contributed by atoms with Gasteiger partial charge in [0.25, 0.3) is 0 Å². The molecule has 92 valence electrons. The normalized spacial score (nSPS) is 49.6. The average Bonchev–Trinajstić information content (AvgIpc) is 2.58. The van der Waals surface area contributed by atoms with Gasteiger partial charge in [0.15, 0.2) is 0 Å². The number of nitrogens with zero attached hydrogens (tertiary/aromatic N) is 1. The number of halogens is 1. The number of hydrogen-bond acceptors (Lipinski definition) is 2. The first-order valence-corrected chi connectivity index (χ1v) is 6.15. The Hall–Kier alpha value is -0.280. The predicted octanol–water partition coefficient (Wildman–Crippen LogP) is 1.86. The van der Waals surface area contributed by atoms with E-state index in [1.807, 2.05) is 0 Å². The first kappa shape index (κ1) is 12.2.